The SMILES string of the molecule is C=C(/C=C1/C(=O)C(c2c(C)n(CCC(C)C)c3ccccc23)=C1O)C(C)(C)c1ccccc1C. The van der Waals surface area contributed by atoms with Gasteiger partial charge in [-0.3, -0.25) is 4.79 Å². The maximum atomic E-state index is 13.4. The first-order valence-electron chi connectivity index (χ1n) is 12.1. The quantitative estimate of drug-likeness (QED) is 0.374. The van der Waals surface area contributed by atoms with Crippen LogP contribution in [0.4, 0.5) is 0 Å². The molecule has 0 radical (unpaired) electrons. The fraction of sp³-hybridized carbons (Fsp3) is 0.323. The molecule has 0 unspecified atom stereocenters. The summed E-state index contributed by atoms with van der Waals surface area (Å²) in [6.07, 6.45) is 2.82. The van der Waals surface area contributed by atoms with Crippen LogP contribution in [0.5, 0.6) is 0 Å². The minimum atomic E-state index is -0.364. The third kappa shape index (κ3) is 3.83. The summed E-state index contributed by atoms with van der Waals surface area (Å²) in [4.78, 5) is 13.4. The van der Waals surface area contributed by atoms with Crippen molar-refractivity contribution in [2.45, 2.75) is 59.9 Å². The smallest absolute Gasteiger partial charge is 0.201 e. The van der Waals surface area contributed by atoms with Gasteiger partial charge in [-0.1, -0.05) is 76.7 Å². The number of hydrogen-bond acceptors (Lipinski definition) is 2. The Balaban J connectivity index is 1.75. The molecule has 0 aliphatic heterocycles. The van der Waals surface area contributed by atoms with E-state index in [4.69, 9.17) is 0 Å². The fourth-order valence-corrected chi connectivity index (χ4v) is 5.01. The van der Waals surface area contributed by atoms with Crippen molar-refractivity contribution in [3.05, 3.63) is 100 Å². The van der Waals surface area contributed by atoms with E-state index in [9.17, 15) is 9.90 Å². The molecule has 0 saturated heterocycles. The zero-order valence-electron chi connectivity index (χ0n) is 21.2. The predicted octanol–water partition coefficient (Wildman–Crippen LogP) is 7.62. The number of hydrogen-bond donors (Lipinski definition) is 1. The summed E-state index contributed by atoms with van der Waals surface area (Å²) in [6, 6.07) is 16.4. The number of fused-ring (bicyclic) bond motifs is 1. The number of para-hydroxylation sites is 1. The number of carbonyl (C=O) groups is 1. The molecule has 1 aliphatic carbocycles. The van der Waals surface area contributed by atoms with Gasteiger partial charge in [0.25, 0.3) is 0 Å². The number of allylic oxidation sites excluding steroid dienone is 4. The molecule has 3 heteroatoms. The number of rotatable bonds is 7. The Kier molecular flexibility index (Phi) is 6.16. The average Bonchev–Trinajstić information content (AvgIpc) is 3.07. The number of aliphatic hydroxyl groups is 1. The molecule has 0 saturated carbocycles. The second kappa shape index (κ2) is 8.79. The second-order valence-corrected chi connectivity index (χ2v) is 10.4. The maximum Gasteiger partial charge on any atom is 0.201 e. The van der Waals surface area contributed by atoms with Crippen LogP contribution < -0.4 is 0 Å². The van der Waals surface area contributed by atoms with E-state index >= 15 is 0 Å². The summed E-state index contributed by atoms with van der Waals surface area (Å²) >= 11 is 0. The molecule has 0 amide bonds. The molecule has 0 bridgehead atoms. The van der Waals surface area contributed by atoms with Crippen LogP contribution in [0.25, 0.3) is 16.5 Å². The van der Waals surface area contributed by atoms with Gasteiger partial charge in [0.1, 0.15) is 5.76 Å². The Morgan fingerprint density at radius 2 is 1.74 bits per heavy atom. The number of aromatic nitrogens is 1. The lowest BCUT2D eigenvalue weighted by atomic mass is 9.74. The van der Waals surface area contributed by atoms with Gasteiger partial charge in [-0.15, -0.1) is 0 Å². The fourth-order valence-electron chi connectivity index (χ4n) is 5.01. The van der Waals surface area contributed by atoms with E-state index in [1.54, 1.807) is 6.08 Å². The van der Waals surface area contributed by atoms with E-state index in [2.05, 4.69) is 64.0 Å². The molecular formula is C31H35NO2. The van der Waals surface area contributed by atoms with Crippen molar-refractivity contribution < 1.29 is 9.90 Å². The molecule has 2 aromatic carbocycles. The van der Waals surface area contributed by atoms with Gasteiger partial charge in [-0.05, 0) is 55.0 Å². The van der Waals surface area contributed by atoms with E-state index in [1.165, 1.54) is 5.56 Å². The molecule has 3 nitrogen and oxygen atoms in total. The van der Waals surface area contributed by atoms with Gasteiger partial charge >= 0.3 is 0 Å². The largest absolute Gasteiger partial charge is 0.506 e. The molecule has 0 atom stereocenters. The highest BCUT2D eigenvalue weighted by Crippen LogP contribution is 2.43. The highest BCUT2D eigenvalue weighted by Gasteiger charge is 2.38. The lowest BCUT2D eigenvalue weighted by Gasteiger charge is -2.30. The number of Topliss-reactive ketones (excluding diaryl/α,β-unsaturated/α-hetero) is 1. The minimum absolute atomic E-state index is 0.0709. The highest BCUT2D eigenvalue weighted by molar-refractivity contribution is 6.40. The van der Waals surface area contributed by atoms with Crippen molar-refractivity contribution in [1.29, 1.82) is 0 Å². The Labute approximate surface area is 203 Å². The molecule has 1 heterocycles. The Hall–Kier alpha value is -3.33. The summed E-state index contributed by atoms with van der Waals surface area (Å²) in [5.41, 5.74) is 6.52. The summed E-state index contributed by atoms with van der Waals surface area (Å²) in [7, 11) is 0. The molecule has 0 spiro atoms. The van der Waals surface area contributed by atoms with Gasteiger partial charge in [-0.2, -0.15) is 0 Å². The summed E-state index contributed by atoms with van der Waals surface area (Å²) < 4.78 is 2.28. The molecule has 176 valence electrons. The van der Waals surface area contributed by atoms with E-state index in [1.807, 2.05) is 37.3 Å². The number of nitrogens with zero attached hydrogens (tertiary/aromatic N) is 1. The van der Waals surface area contributed by atoms with Gasteiger partial charge in [-0.25, -0.2) is 0 Å². The van der Waals surface area contributed by atoms with Crippen LogP contribution in [0.15, 0.2) is 78.1 Å². The van der Waals surface area contributed by atoms with E-state index in [-0.39, 0.29) is 17.0 Å². The van der Waals surface area contributed by atoms with E-state index < -0.39 is 0 Å². The normalized spacial score (nSPS) is 15.5. The van der Waals surface area contributed by atoms with E-state index in [0.717, 1.165) is 46.3 Å². The number of aliphatic hydroxyl groups excluding tert-OH is 1. The van der Waals surface area contributed by atoms with Crippen LogP contribution in [0.3, 0.4) is 0 Å². The standard InChI is InChI=1S/C31H35NO2/c1-19(2)16-17-32-22(5)27(23-13-9-11-15-26(23)32)28-29(33)24(30(28)34)18-21(4)31(6,7)25-14-10-8-12-20(25)3/h8-15,18-19,33H,4,16-17H2,1-3,5-7H3/b24-18+. The first-order valence-corrected chi connectivity index (χ1v) is 12.1. The third-order valence-corrected chi connectivity index (χ3v) is 7.31. The van der Waals surface area contributed by atoms with E-state index in [0.29, 0.717) is 17.1 Å². The zero-order valence-corrected chi connectivity index (χ0v) is 21.2. The predicted molar refractivity (Wildman–Crippen MR) is 142 cm³/mol. The average molecular weight is 454 g/mol. The number of carbonyl (C=O) groups excluding carboxylic acids is 1. The Morgan fingerprint density at radius 1 is 1.09 bits per heavy atom. The maximum absolute atomic E-state index is 13.4. The minimum Gasteiger partial charge on any atom is -0.506 e. The second-order valence-electron chi connectivity index (χ2n) is 10.4. The molecule has 3 aromatic rings. The molecular weight excluding hydrogens is 418 g/mol. The van der Waals surface area contributed by atoms with Crippen LogP contribution in [0.2, 0.25) is 0 Å². The molecule has 1 aliphatic rings. The molecule has 4 rings (SSSR count). The van der Waals surface area contributed by atoms with Crippen LogP contribution in [0.1, 0.15) is 56.5 Å². The Bertz CT molecular complexity index is 1360. The van der Waals surface area contributed by atoms with Crippen LogP contribution in [0, 0.1) is 19.8 Å². The van der Waals surface area contributed by atoms with Gasteiger partial charge in [0.2, 0.25) is 5.78 Å². The molecule has 1 aromatic heterocycles. The van der Waals surface area contributed by atoms with Crippen molar-refractivity contribution in [2.75, 3.05) is 0 Å². The monoisotopic (exact) mass is 453 g/mol. The van der Waals surface area contributed by atoms with Crippen molar-refractivity contribution in [1.82, 2.24) is 4.57 Å². The molecule has 1 N–H and O–H groups in total. The van der Waals surface area contributed by atoms with Gasteiger partial charge < -0.3 is 9.67 Å². The topological polar surface area (TPSA) is 42.2 Å². The first-order chi connectivity index (χ1) is 16.1. The lowest BCUT2D eigenvalue weighted by Crippen LogP contribution is -2.25. The van der Waals surface area contributed by atoms with Gasteiger partial charge in [0.05, 0.1) is 11.1 Å². The van der Waals surface area contributed by atoms with Crippen LogP contribution in [-0.2, 0) is 16.8 Å². The summed E-state index contributed by atoms with van der Waals surface area (Å²) in [5.74, 6) is 0.537. The first kappa shape index (κ1) is 23.8. The summed E-state index contributed by atoms with van der Waals surface area (Å²) in [5, 5.41) is 12.1. The number of benzene rings is 2. The van der Waals surface area contributed by atoms with Gasteiger partial charge in [0, 0.05) is 34.1 Å². The number of ketones is 1. The van der Waals surface area contributed by atoms with Crippen LogP contribution >= 0.6 is 0 Å². The van der Waals surface area contributed by atoms with Crippen molar-refractivity contribution in [2.24, 2.45) is 5.92 Å². The number of aryl methyl sites for hydroxylation is 2. The molecule has 0 fully saturated rings. The van der Waals surface area contributed by atoms with Crippen molar-refractivity contribution >= 4 is 22.3 Å². The molecule has 34 heavy (non-hydrogen) atoms. The third-order valence-electron chi connectivity index (χ3n) is 7.31. The van der Waals surface area contributed by atoms with Crippen molar-refractivity contribution in [3.8, 4) is 0 Å². The lowest BCUT2D eigenvalue weighted by molar-refractivity contribution is -0.111. The Morgan fingerprint density at radius 3 is 2.38 bits per heavy atom. The van der Waals surface area contributed by atoms with Crippen LogP contribution in [-0.4, -0.2) is 15.5 Å². The van der Waals surface area contributed by atoms with Crippen molar-refractivity contribution in [3.63, 3.8) is 0 Å². The highest BCUT2D eigenvalue weighted by atomic mass is 16.3. The zero-order chi connectivity index (χ0) is 24.8. The summed E-state index contributed by atoms with van der Waals surface area (Å²) in [6.45, 7) is 17.9. The van der Waals surface area contributed by atoms with Gasteiger partial charge in [0.15, 0.2) is 0 Å².